The topological polar surface area (TPSA) is 128 Å². The fraction of sp³-hybridized carbons (Fsp3) is 0.111. The lowest BCUT2D eigenvalue weighted by Gasteiger charge is -2.10. The molecule has 4 aromatic rings. The van der Waals surface area contributed by atoms with Gasteiger partial charge >= 0.3 is 0 Å². The van der Waals surface area contributed by atoms with E-state index < -0.39 is 11.8 Å². The summed E-state index contributed by atoms with van der Waals surface area (Å²) in [5.41, 5.74) is 10.2. The van der Waals surface area contributed by atoms with Crippen LogP contribution >= 0.6 is 0 Å². The molecule has 9 heteroatoms. The largest absolute Gasteiger partial charge is 0.497 e. The number of nitrogens with two attached hydrogens (primary N) is 1. The lowest BCUT2D eigenvalue weighted by atomic mass is 10.1. The highest BCUT2D eigenvalue weighted by Crippen LogP contribution is 2.25. The molecule has 2 amide bonds. The fourth-order valence-electron chi connectivity index (χ4n) is 3.86. The first kappa shape index (κ1) is 24.0. The van der Waals surface area contributed by atoms with E-state index >= 15 is 0 Å². The first-order valence-electron chi connectivity index (χ1n) is 11.0. The van der Waals surface area contributed by atoms with E-state index in [2.05, 4.69) is 15.0 Å². The predicted octanol–water partition coefficient (Wildman–Crippen LogP) is 3.93. The minimum absolute atomic E-state index is 0.0211. The maximum Gasteiger partial charge on any atom is 0.269 e. The lowest BCUT2D eigenvalue weighted by Crippen LogP contribution is -2.13. The van der Waals surface area contributed by atoms with Crippen LogP contribution in [0, 0.1) is 25.2 Å². The number of primary amides is 1. The summed E-state index contributed by atoms with van der Waals surface area (Å²) in [6, 6.07) is 19.9. The number of amides is 2. The number of ether oxygens (including phenoxy) is 1. The number of hydrogen-bond acceptors (Lipinski definition) is 5. The Hall–Kier alpha value is -5.10. The number of benzene rings is 2. The number of aryl methyl sites for hydroxylation is 1. The Morgan fingerprint density at radius 3 is 2.31 bits per heavy atom. The van der Waals surface area contributed by atoms with E-state index in [1.165, 1.54) is 10.7 Å². The number of rotatable bonds is 7. The van der Waals surface area contributed by atoms with Gasteiger partial charge in [0.2, 0.25) is 0 Å². The van der Waals surface area contributed by atoms with Crippen LogP contribution in [-0.2, 0) is 4.79 Å². The average Bonchev–Trinajstić information content (AvgIpc) is 3.48. The van der Waals surface area contributed by atoms with Crippen LogP contribution in [-0.4, -0.2) is 33.3 Å². The van der Waals surface area contributed by atoms with E-state index in [4.69, 9.17) is 10.5 Å². The second kappa shape index (κ2) is 10.0. The highest BCUT2D eigenvalue weighted by atomic mass is 16.5. The molecule has 0 unspecified atom stereocenters. The summed E-state index contributed by atoms with van der Waals surface area (Å²) in [4.78, 5) is 24.1. The van der Waals surface area contributed by atoms with Gasteiger partial charge in [-0.3, -0.25) is 9.59 Å². The molecule has 2 aromatic carbocycles. The molecule has 0 bridgehead atoms. The van der Waals surface area contributed by atoms with Crippen molar-refractivity contribution in [3.8, 4) is 23.2 Å². The molecule has 0 atom stereocenters. The van der Waals surface area contributed by atoms with Crippen LogP contribution in [0.4, 0.5) is 5.69 Å². The molecule has 0 radical (unpaired) electrons. The van der Waals surface area contributed by atoms with E-state index in [1.54, 1.807) is 43.6 Å². The molecular formula is C27H24N6O3. The quantitative estimate of drug-likeness (QED) is 0.306. The molecule has 4 rings (SSSR count). The molecule has 2 aromatic heterocycles. The summed E-state index contributed by atoms with van der Waals surface area (Å²) in [6.07, 6.45) is 3.20. The second-order valence-corrected chi connectivity index (χ2v) is 8.04. The molecule has 0 saturated heterocycles. The Morgan fingerprint density at radius 1 is 1.06 bits per heavy atom. The molecule has 3 N–H and O–H groups in total. The zero-order valence-electron chi connectivity index (χ0n) is 20.0. The Morgan fingerprint density at radius 2 is 1.72 bits per heavy atom. The molecule has 9 nitrogen and oxygen atoms in total. The van der Waals surface area contributed by atoms with Gasteiger partial charge in [0.15, 0.2) is 0 Å². The van der Waals surface area contributed by atoms with Crippen molar-refractivity contribution < 1.29 is 14.3 Å². The van der Waals surface area contributed by atoms with Crippen molar-refractivity contribution in [3.05, 3.63) is 95.1 Å². The molecule has 0 spiro atoms. The van der Waals surface area contributed by atoms with Crippen molar-refractivity contribution >= 4 is 23.6 Å². The van der Waals surface area contributed by atoms with Gasteiger partial charge in [0.25, 0.3) is 11.8 Å². The SMILES string of the molecule is COc1ccc(-n2c(C)cc(/C=C(/C#N)C(=O)Nc3ccc(-n4ccc(C(N)=O)n4)cc3)c2C)cc1. The molecule has 0 fully saturated rings. The molecular weight excluding hydrogens is 456 g/mol. The minimum atomic E-state index is -0.613. The molecule has 36 heavy (non-hydrogen) atoms. The summed E-state index contributed by atoms with van der Waals surface area (Å²) in [7, 11) is 1.62. The van der Waals surface area contributed by atoms with Crippen molar-refractivity contribution in [1.29, 1.82) is 5.26 Å². The van der Waals surface area contributed by atoms with Crippen molar-refractivity contribution in [2.24, 2.45) is 5.73 Å². The Kier molecular flexibility index (Phi) is 6.70. The number of hydrogen-bond donors (Lipinski definition) is 2. The number of nitriles is 1. The van der Waals surface area contributed by atoms with Gasteiger partial charge in [-0.15, -0.1) is 0 Å². The molecule has 0 aliphatic carbocycles. The van der Waals surface area contributed by atoms with Crippen LogP contribution in [0.3, 0.4) is 0 Å². The van der Waals surface area contributed by atoms with Crippen LogP contribution in [0.2, 0.25) is 0 Å². The fourth-order valence-corrected chi connectivity index (χ4v) is 3.86. The van der Waals surface area contributed by atoms with Crippen molar-refractivity contribution in [1.82, 2.24) is 14.3 Å². The number of anilines is 1. The number of carbonyl (C=O) groups excluding carboxylic acids is 2. The van der Waals surface area contributed by atoms with Crippen LogP contribution < -0.4 is 15.8 Å². The van der Waals surface area contributed by atoms with E-state index in [-0.39, 0.29) is 11.3 Å². The van der Waals surface area contributed by atoms with Gasteiger partial charge in [0.05, 0.1) is 12.8 Å². The van der Waals surface area contributed by atoms with Crippen molar-refractivity contribution in [3.63, 3.8) is 0 Å². The minimum Gasteiger partial charge on any atom is -0.497 e. The van der Waals surface area contributed by atoms with Gasteiger partial charge in [-0.1, -0.05) is 0 Å². The molecule has 180 valence electrons. The van der Waals surface area contributed by atoms with E-state index in [1.807, 2.05) is 50.2 Å². The molecule has 2 heterocycles. The monoisotopic (exact) mass is 480 g/mol. The first-order chi connectivity index (χ1) is 17.3. The summed E-state index contributed by atoms with van der Waals surface area (Å²) in [5.74, 6) is -0.370. The Balaban J connectivity index is 1.53. The summed E-state index contributed by atoms with van der Waals surface area (Å²) < 4.78 is 8.79. The standard InChI is InChI=1S/C27H24N6O3/c1-17-14-19(18(2)33(17)23-8-10-24(36-3)11-9-23)15-20(16-28)27(35)30-21-4-6-22(7-5-21)32-13-12-25(31-32)26(29)34/h4-15H,1-3H3,(H2,29,34)(H,30,35)/b20-15-. The van der Waals surface area contributed by atoms with Gasteiger partial charge in [0, 0.05) is 29.0 Å². The zero-order valence-corrected chi connectivity index (χ0v) is 20.0. The van der Waals surface area contributed by atoms with Gasteiger partial charge in [0.1, 0.15) is 23.1 Å². The van der Waals surface area contributed by atoms with Crippen molar-refractivity contribution in [2.45, 2.75) is 13.8 Å². The zero-order chi connectivity index (χ0) is 25.8. The van der Waals surface area contributed by atoms with Crippen molar-refractivity contribution in [2.75, 3.05) is 12.4 Å². The number of carbonyl (C=O) groups is 2. The highest BCUT2D eigenvalue weighted by Gasteiger charge is 2.14. The Labute approximate surface area is 208 Å². The average molecular weight is 481 g/mol. The molecule has 0 aliphatic heterocycles. The molecule has 0 aliphatic rings. The third-order valence-electron chi connectivity index (χ3n) is 5.70. The third kappa shape index (κ3) is 4.88. The third-order valence-corrected chi connectivity index (χ3v) is 5.70. The highest BCUT2D eigenvalue weighted by molar-refractivity contribution is 6.09. The van der Waals surface area contributed by atoms with Crippen LogP contribution in [0.25, 0.3) is 17.5 Å². The summed E-state index contributed by atoms with van der Waals surface area (Å²) >= 11 is 0. The van der Waals surface area contributed by atoms with E-state index in [9.17, 15) is 14.9 Å². The van der Waals surface area contributed by atoms with Crippen LogP contribution in [0.1, 0.15) is 27.4 Å². The summed E-state index contributed by atoms with van der Waals surface area (Å²) in [5, 5.41) is 16.5. The van der Waals surface area contributed by atoms with Crippen LogP contribution in [0.5, 0.6) is 5.75 Å². The first-order valence-corrected chi connectivity index (χ1v) is 11.0. The van der Waals surface area contributed by atoms with Gasteiger partial charge in [-0.25, -0.2) is 4.68 Å². The maximum absolute atomic E-state index is 12.8. The molecule has 0 saturated carbocycles. The van der Waals surface area contributed by atoms with Gasteiger partial charge in [-0.05, 0) is 86.2 Å². The number of aromatic nitrogens is 3. The normalized spacial score (nSPS) is 11.1. The number of methoxy groups -OCH3 is 1. The van der Waals surface area contributed by atoms with Gasteiger partial charge in [-0.2, -0.15) is 10.4 Å². The van der Waals surface area contributed by atoms with Gasteiger partial charge < -0.3 is 20.4 Å². The maximum atomic E-state index is 12.8. The second-order valence-electron chi connectivity index (χ2n) is 8.04. The number of nitrogens with zero attached hydrogens (tertiary/aromatic N) is 4. The van der Waals surface area contributed by atoms with Crippen LogP contribution in [0.15, 0.2) is 72.4 Å². The summed E-state index contributed by atoms with van der Waals surface area (Å²) in [6.45, 7) is 3.90. The predicted molar refractivity (Wildman–Crippen MR) is 136 cm³/mol. The smallest absolute Gasteiger partial charge is 0.269 e. The number of nitrogens with one attached hydrogen (secondary N) is 1. The Bertz CT molecular complexity index is 1500. The van der Waals surface area contributed by atoms with E-state index in [0.717, 1.165) is 28.4 Å². The van der Waals surface area contributed by atoms with E-state index in [0.29, 0.717) is 11.4 Å². The lowest BCUT2D eigenvalue weighted by molar-refractivity contribution is -0.112.